The summed E-state index contributed by atoms with van der Waals surface area (Å²) in [7, 11) is 0. The first-order valence-electron chi connectivity index (χ1n) is 7.12. The van der Waals surface area contributed by atoms with Gasteiger partial charge in [-0.15, -0.1) is 0 Å². The highest BCUT2D eigenvalue weighted by Crippen LogP contribution is 2.25. The average Bonchev–Trinajstić information content (AvgIpc) is 2.49. The molecular formula is C18H23NO. The van der Waals surface area contributed by atoms with Crippen molar-refractivity contribution in [1.29, 1.82) is 0 Å². The van der Waals surface area contributed by atoms with Crippen LogP contribution in [0.2, 0.25) is 0 Å². The van der Waals surface area contributed by atoms with Gasteiger partial charge in [-0.3, -0.25) is 0 Å². The molecule has 1 atom stereocenters. The highest BCUT2D eigenvalue weighted by atomic mass is 16.5. The molecule has 0 fully saturated rings. The molecule has 0 radical (unpaired) electrons. The van der Waals surface area contributed by atoms with E-state index in [0.717, 1.165) is 12.2 Å². The molecule has 0 aromatic heterocycles. The number of ether oxygens (including phenoxy) is 1. The first kappa shape index (κ1) is 14.6. The maximum absolute atomic E-state index is 5.99. The van der Waals surface area contributed by atoms with E-state index in [1.807, 2.05) is 19.1 Å². The van der Waals surface area contributed by atoms with Gasteiger partial charge < -0.3 is 10.5 Å². The van der Waals surface area contributed by atoms with Gasteiger partial charge in [-0.25, -0.2) is 0 Å². The molecule has 2 heteroatoms. The van der Waals surface area contributed by atoms with E-state index in [9.17, 15) is 0 Å². The lowest BCUT2D eigenvalue weighted by Crippen LogP contribution is -2.39. The van der Waals surface area contributed by atoms with Crippen molar-refractivity contribution >= 4 is 0 Å². The van der Waals surface area contributed by atoms with Crippen molar-refractivity contribution in [3.05, 3.63) is 54.1 Å². The minimum Gasteiger partial charge on any atom is -0.486 e. The Morgan fingerprint density at radius 3 is 1.90 bits per heavy atom. The lowest BCUT2D eigenvalue weighted by molar-refractivity contribution is 0.0935. The van der Waals surface area contributed by atoms with E-state index in [1.54, 1.807) is 0 Å². The van der Waals surface area contributed by atoms with Crippen LogP contribution < -0.4 is 10.5 Å². The van der Waals surface area contributed by atoms with Crippen LogP contribution in [0.5, 0.6) is 5.75 Å². The van der Waals surface area contributed by atoms with Gasteiger partial charge >= 0.3 is 0 Å². The molecule has 0 saturated carbocycles. The molecule has 0 spiro atoms. The van der Waals surface area contributed by atoms with E-state index < -0.39 is 0 Å². The fraction of sp³-hybridized carbons (Fsp3) is 0.333. The number of benzene rings is 2. The van der Waals surface area contributed by atoms with Crippen LogP contribution in [0.15, 0.2) is 48.5 Å². The molecule has 0 aliphatic heterocycles. The molecule has 0 saturated heterocycles. The Kier molecular flexibility index (Phi) is 4.46. The Morgan fingerprint density at radius 2 is 1.45 bits per heavy atom. The summed E-state index contributed by atoms with van der Waals surface area (Å²) in [6.07, 6.45) is 0.892. The van der Waals surface area contributed by atoms with Gasteiger partial charge in [-0.2, -0.15) is 0 Å². The summed E-state index contributed by atoms with van der Waals surface area (Å²) in [4.78, 5) is 0. The number of nitrogens with two attached hydrogens (primary N) is 1. The summed E-state index contributed by atoms with van der Waals surface area (Å²) in [5.74, 6) is 0.871. The third-order valence-electron chi connectivity index (χ3n) is 3.78. The predicted molar refractivity (Wildman–Crippen MR) is 85.0 cm³/mol. The Hall–Kier alpha value is -1.80. The summed E-state index contributed by atoms with van der Waals surface area (Å²) < 4.78 is 5.99. The third-order valence-corrected chi connectivity index (χ3v) is 3.78. The van der Waals surface area contributed by atoms with Crippen molar-refractivity contribution in [2.24, 2.45) is 5.73 Å². The minimum atomic E-state index is -0.286. The second kappa shape index (κ2) is 6.10. The summed E-state index contributed by atoms with van der Waals surface area (Å²) in [5.41, 5.74) is 9.18. The molecule has 0 bridgehead atoms. The summed E-state index contributed by atoms with van der Waals surface area (Å²) >= 11 is 0. The smallest absolute Gasteiger partial charge is 0.120 e. The highest BCUT2D eigenvalue weighted by Gasteiger charge is 2.21. The maximum atomic E-state index is 5.99. The lowest BCUT2D eigenvalue weighted by Gasteiger charge is -2.28. The molecule has 0 heterocycles. The monoisotopic (exact) mass is 269 g/mol. The zero-order chi connectivity index (χ0) is 14.6. The lowest BCUT2D eigenvalue weighted by atomic mass is 10.0. The number of aryl methyl sites for hydroxylation is 1. The van der Waals surface area contributed by atoms with Gasteiger partial charge in [-0.1, -0.05) is 48.9 Å². The summed E-state index contributed by atoms with van der Waals surface area (Å²) in [6, 6.07) is 16.7. The van der Waals surface area contributed by atoms with Gasteiger partial charge in [-0.05, 0) is 43.5 Å². The van der Waals surface area contributed by atoms with Crippen LogP contribution in [0, 0.1) is 6.92 Å². The Balaban J connectivity index is 2.16. The van der Waals surface area contributed by atoms with E-state index in [1.165, 1.54) is 16.7 Å². The van der Waals surface area contributed by atoms with Gasteiger partial charge in [0.1, 0.15) is 11.4 Å². The second-order valence-corrected chi connectivity index (χ2v) is 5.50. The standard InChI is InChI=1S/C18H23NO/c1-4-18(3,13-19)20-17-11-9-16(10-12-17)15-7-5-14(2)6-8-15/h5-12H,4,13,19H2,1-3H3. The van der Waals surface area contributed by atoms with Crippen LogP contribution in [0.4, 0.5) is 0 Å². The zero-order valence-corrected chi connectivity index (χ0v) is 12.5. The summed E-state index contributed by atoms with van der Waals surface area (Å²) in [5, 5.41) is 0. The number of hydrogen-bond acceptors (Lipinski definition) is 2. The third kappa shape index (κ3) is 3.40. The molecule has 20 heavy (non-hydrogen) atoms. The van der Waals surface area contributed by atoms with Crippen molar-refractivity contribution in [3.63, 3.8) is 0 Å². The van der Waals surface area contributed by atoms with Crippen LogP contribution in [0.25, 0.3) is 11.1 Å². The Morgan fingerprint density at radius 1 is 0.950 bits per heavy atom. The SMILES string of the molecule is CCC(C)(CN)Oc1ccc(-c2ccc(C)cc2)cc1. The van der Waals surface area contributed by atoms with Crippen molar-refractivity contribution in [3.8, 4) is 16.9 Å². The van der Waals surface area contributed by atoms with Crippen LogP contribution >= 0.6 is 0 Å². The van der Waals surface area contributed by atoms with Crippen LogP contribution in [0.3, 0.4) is 0 Å². The molecular weight excluding hydrogens is 246 g/mol. The van der Waals surface area contributed by atoms with E-state index in [4.69, 9.17) is 10.5 Å². The molecule has 1 unspecified atom stereocenters. The Labute approximate surface area is 121 Å². The topological polar surface area (TPSA) is 35.2 Å². The first-order chi connectivity index (χ1) is 9.56. The largest absolute Gasteiger partial charge is 0.486 e. The van der Waals surface area contributed by atoms with E-state index in [-0.39, 0.29) is 5.60 Å². The summed E-state index contributed by atoms with van der Waals surface area (Å²) in [6.45, 7) is 6.75. The maximum Gasteiger partial charge on any atom is 0.120 e. The Bertz CT molecular complexity index is 539. The number of hydrogen-bond donors (Lipinski definition) is 1. The van der Waals surface area contributed by atoms with E-state index in [2.05, 4.69) is 50.2 Å². The quantitative estimate of drug-likeness (QED) is 0.884. The fourth-order valence-electron chi connectivity index (χ4n) is 2.00. The van der Waals surface area contributed by atoms with Crippen LogP contribution in [-0.2, 0) is 0 Å². The van der Waals surface area contributed by atoms with Crippen LogP contribution in [0.1, 0.15) is 25.8 Å². The molecule has 2 aromatic carbocycles. The van der Waals surface area contributed by atoms with Crippen LogP contribution in [-0.4, -0.2) is 12.1 Å². The number of rotatable bonds is 5. The van der Waals surface area contributed by atoms with Crippen molar-refractivity contribution in [2.45, 2.75) is 32.8 Å². The van der Waals surface area contributed by atoms with Gasteiger partial charge in [0.05, 0.1) is 0 Å². The predicted octanol–water partition coefficient (Wildman–Crippen LogP) is 4.17. The van der Waals surface area contributed by atoms with Gasteiger partial charge in [0, 0.05) is 6.54 Å². The van der Waals surface area contributed by atoms with Gasteiger partial charge in [0.2, 0.25) is 0 Å². The molecule has 2 N–H and O–H groups in total. The van der Waals surface area contributed by atoms with Crippen molar-refractivity contribution < 1.29 is 4.74 Å². The van der Waals surface area contributed by atoms with E-state index in [0.29, 0.717) is 6.54 Å². The molecule has 0 amide bonds. The molecule has 0 aliphatic rings. The van der Waals surface area contributed by atoms with Gasteiger partial charge in [0.15, 0.2) is 0 Å². The molecule has 2 rings (SSSR count). The first-order valence-corrected chi connectivity index (χ1v) is 7.12. The molecule has 0 aliphatic carbocycles. The van der Waals surface area contributed by atoms with Crippen molar-refractivity contribution in [1.82, 2.24) is 0 Å². The molecule has 2 aromatic rings. The second-order valence-electron chi connectivity index (χ2n) is 5.50. The highest BCUT2D eigenvalue weighted by molar-refractivity contribution is 5.64. The van der Waals surface area contributed by atoms with Gasteiger partial charge in [0.25, 0.3) is 0 Å². The minimum absolute atomic E-state index is 0.286. The molecule has 106 valence electrons. The molecule has 2 nitrogen and oxygen atoms in total. The van der Waals surface area contributed by atoms with Crippen molar-refractivity contribution in [2.75, 3.05) is 6.54 Å². The average molecular weight is 269 g/mol. The van der Waals surface area contributed by atoms with E-state index >= 15 is 0 Å². The normalized spacial score (nSPS) is 13.8. The zero-order valence-electron chi connectivity index (χ0n) is 12.5. The fourth-order valence-corrected chi connectivity index (χ4v) is 2.00.